The summed E-state index contributed by atoms with van der Waals surface area (Å²) < 4.78 is 13.0. The highest BCUT2D eigenvalue weighted by Gasteiger charge is 2.39. The van der Waals surface area contributed by atoms with E-state index in [1.54, 1.807) is 40.7 Å². The van der Waals surface area contributed by atoms with Crippen LogP contribution in [0.1, 0.15) is 33.8 Å². The Labute approximate surface area is 174 Å². The third kappa shape index (κ3) is 4.58. The zero-order valence-corrected chi connectivity index (χ0v) is 16.4. The van der Waals surface area contributed by atoms with E-state index in [4.69, 9.17) is 5.21 Å². The van der Waals surface area contributed by atoms with Crippen molar-refractivity contribution in [3.05, 3.63) is 77.1 Å². The zero-order valence-electron chi connectivity index (χ0n) is 16.4. The lowest BCUT2D eigenvalue weighted by molar-refractivity contribution is -0.131. The van der Waals surface area contributed by atoms with Crippen LogP contribution < -0.4 is 10.8 Å². The Kier molecular flexibility index (Phi) is 5.92. The molecule has 30 heavy (non-hydrogen) atoms. The normalized spacial score (nSPS) is 20.8. The first-order valence-electron chi connectivity index (χ1n) is 10.0. The van der Waals surface area contributed by atoms with E-state index in [-0.39, 0.29) is 11.7 Å². The second-order valence-corrected chi connectivity index (χ2v) is 7.88. The summed E-state index contributed by atoms with van der Waals surface area (Å²) in [5, 5.41) is 12.4. The highest BCUT2D eigenvalue weighted by atomic mass is 19.1. The maximum atomic E-state index is 13.0. The van der Waals surface area contributed by atoms with Crippen molar-refractivity contribution in [2.45, 2.75) is 18.4 Å². The first-order valence-corrected chi connectivity index (χ1v) is 10.0. The molecule has 4 rings (SSSR count). The number of nitrogens with zero attached hydrogens (tertiary/aromatic N) is 1. The van der Waals surface area contributed by atoms with Gasteiger partial charge < -0.3 is 10.2 Å². The SMILES string of the molecule is O=C(NO)c1ccccc1/C=C/C(=O)N1CC(CN[C@H]2C[C@@H]2c2ccc(F)cc2)C1. The maximum absolute atomic E-state index is 13.0. The molecule has 2 aliphatic rings. The lowest BCUT2D eigenvalue weighted by atomic mass is 9.99. The Morgan fingerprint density at radius 2 is 1.87 bits per heavy atom. The molecule has 1 aliphatic heterocycles. The van der Waals surface area contributed by atoms with Crippen molar-refractivity contribution in [3.8, 4) is 0 Å². The van der Waals surface area contributed by atoms with Crippen LogP contribution in [0.5, 0.6) is 0 Å². The average Bonchev–Trinajstić information content (AvgIpc) is 3.50. The number of carbonyl (C=O) groups is 2. The van der Waals surface area contributed by atoms with Crippen LogP contribution in [0.25, 0.3) is 6.08 Å². The molecule has 0 bridgehead atoms. The Bertz CT molecular complexity index is 954. The van der Waals surface area contributed by atoms with Crippen LogP contribution in [0.3, 0.4) is 0 Å². The predicted octanol–water partition coefficient (Wildman–Crippen LogP) is 2.56. The maximum Gasteiger partial charge on any atom is 0.275 e. The Morgan fingerprint density at radius 3 is 2.60 bits per heavy atom. The molecule has 0 aromatic heterocycles. The molecule has 3 N–H and O–H groups in total. The third-order valence-corrected chi connectivity index (χ3v) is 5.74. The monoisotopic (exact) mass is 409 g/mol. The van der Waals surface area contributed by atoms with E-state index >= 15 is 0 Å². The molecule has 1 saturated heterocycles. The fraction of sp³-hybridized carbons (Fsp3) is 0.304. The van der Waals surface area contributed by atoms with Crippen molar-refractivity contribution in [2.24, 2.45) is 5.92 Å². The van der Waals surface area contributed by atoms with Crippen LogP contribution in [0.4, 0.5) is 4.39 Å². The number of likely N-dealkylation sites (tertiary alicyclic amines) is 1. The second-order valence-electron chi connectivity index (χ2n) is 7.88. The number of hydroxylamine groups is 1. The highest BCUT2D eigenvalue weighted by molar-refractivity contribution is 5.99. The Morgan fingerprint density at radius 1 is 1.13 bits per heavy atom. The van der Waals surface area contributed by atoms with E-state index in [0.717, 1.165) is 13.0 Å². The van der Waals surface area contributed by atoms with Gasteiger partial charge in [-0.15, -0.1) is 0 Å². The molecule has 1 saturated carbocycles. The van der Waals surface area contributed by atoms with E-state index in [2.05, 4.69) is 5.32 Å². The number of carbonyl (C=O) groups excluding carboxylic acids is 2. The summed E-state index contributed by atoms with van der Waals surface area (Å²) in [6, 6.07) is 13.9. The van der Waals surface area contributed by atoms with Gasteiger partial charge in [0.2, 0.25) is 5.91 Å². The number of halogens is 1. The zero-order chi connectivity index (χ0) is 21.1. The fourth-order valence-corrected chi connectivity index (χ4v) is 3.87. The molecule has 2 aromatic rings. The van der Waals surface area contributed by atoms with Crippen molar-refractivity contribution in [1.29, 1.82) is 0 Å². The smallest absolute Gasteiger partial charge is 0.275 e. The highest BCUT2D eigenvalue weighted by Crippen LogP contribution is 2.40. The van der Waals surface area contributed by atoms with Crippen LogP contribution >= 0.6 is 0 Å². The molecular weight excluding hydrogens is 385 g/mol. The van der Waals surface area contributed by atoms with Gasteiger partial charge in [-0.05, 0) is 41.8 Å². The predicted molar refractivity (Wildman–Crippen MR) is 110 cm³/mol. The van der Waals surface area contributed by atoms with Crippen molar-refractivity contribution in [1.82, 2.24) is 15.7 Å². The summed E-state index contributed by atoms with van der Waals surface area (Å²) >= 11 is 0. The third-order valence-electron chi connectivity index (χ3n) is 5.74. The minimum absolute atomic E-state index is 0.0962. The van der Waals surface area contributed by atoms with Gasteiger partial charge >= 0.3 is 0 Å². The summed E-state index contributed by atoms with van der Waals surface area (Å²) in [5.74, 6) is -0.0537. The summed E-state index contributed by atoms with van der Waals surface area (Å²) in [7, 11) is 0. The van der Waals surface area contributed by atoms with E-state index in [1.165, 1.54) is 23.8 Å². The molecule has 1 aliphatic carbocycles. The largest absolute Gasteiger partial charge is 0.338 e. The van der Waals surface area contributed by atoms with Gasteiger partial charge in [0.1, 0.15) is 5.82 Å². The minimum Gasteiger partial charge on any atom is -0.338 e. The summed E-state index contributed by atoms with van der Waals surface area (Å²) in [4.78, 5) is 25.8. The van der Waals surface area contributed by atoms with Crippen molar-refractivity contribution < 1.29 is 19.2 Å². The van der Waals surface area contributed by atoms with E-state index in [9.17, 15) is 14.0 Å². The van der Waals surface area contributed by atoms with Gasteiger partial charge in [0.05, 0.1) is 0 Å². The van der Waals surface area contributed by atoms with Crippen molar-refractivity contribution in [3.63, 3.8) is 0 Å². The molecule has 2 aromatic carbocycles. The van der Waals surface area contributed by atoms with Crippen LogP contribution in [-0.2, 0) is 4.79 Å². The van der Waals surface area contributed by atoms with Gasteiger partial charge in [-0.3, -0.25) is 14.8 Å². The molecule has 2 fully saturated rings. The minimum atomic E-state index is -0.614. The number of hydrogen-bond acceptors (Lipinski definition) is 4. The summed E-state index contributed by atoms with van der Waals surface area (Å²) in [6.45, 7) is 2.25. The lowest BCUT2D eigenvalue weighted by Gasteiger charge is -2.39. The van der Waals surface area contributed by atoms with Gasteiger partial charge in [0.25, 0.3) is 5.91 Å². The topological polar surface area (TPSA) is 81.7 Å². The Balaban J connectivity index is 1.21. The molecule has 0 spiro atoms. The van der Waals surface area contributed by atoms with Gasteiger partial charge in [0.15, 0.2) is 0 Å². The van der Waals surface area contributed by atoms with Crippen LogP contribution in [0.15, 0.2) is 54.6 Å². The number of benzene rings is 2. The lowest BCUT2D eigenvalue weighted by Crippen LogP contribution is -2.53. The molecule has 2 atom stereocenters. The van der Waals surface area contributed by atoms with Crippen LogP contribution in [0, 0.1) is 11.7 Å². The van der Waals surface area contributed by atoms with Gasteiger partial charge in [-0.1, -0.05) is 30.3 Å². The van der Waals surface area contributed by atoms with Crippen LogP contribution in [0.2, 0.25) is 0 Å². The fourth-order valence-electron chi connectivity index (χ4n) is 3.87. The van der Waals surface area contributed by atoms with Crippen molar-refractivity contribution in [2.75, 3.05) is 19.6 Å². The second kappa shape index (κ2) is 8.77. The quantitative estimate of drug-likeness (QED) is 0.373. The molecule has 1 heterocycles. The summed E-state index contributed by atoms with van der Waals surface area (Å²) in [6.07, 6.45) is 4.11. The van der Waals surface area contributed by atoms with Crippen LogP contribution in [-0.4, -0.2) is 47.6 Å². The molecular formula is C23H24FN3O3. The van der Waals surface area contributed by atoms with E-state index in [1.807, 2.05) is 12.1 Å². The molecule has 6 nitrogen and oxygen atoms in total. The first kappa shape index (κ1) is 20.3. The van der Waals surface area contributed by atoms with Gasteiger partial charge in [-0.2, -0.15) is 0 Å². The average molecular weight is 409 g/mol. The molecule has 0 unspecified atom stereocenters. The Hall–Kier alpha value is -3.03. The number of rotatable bonds is 7. The van der Waals surface area contributed by atoms with Gasteiger partial charge in [-0.25, -0.2) is 9.87 Å². The number of hydrogen-bond donors (Lipinski definition) is 3. The first-order chi connectivity index (χ1) is 14.5. The molecule has 2 amide bonds. The summed E-state index contributed by atoms with van der Waals surface area (Å²) in [5.41, 5.74) is 3.65. The number of nitrogens with one attached hydrogen (secondary N) is 2. The molecule has 7 heteroatoms. The van der Waals surface area contributed by atoms with E-state index in [0.29, 0.717) is 42.1 Å². The standard InChI is InChI=1S/C23H24FN3O3/c24-18-8-5-17(6-9-18)20-11-21(20)25-12-15-13-27(14-15)22(28)10-7-16-3-1-2-4-19(16)23(29)26-30/h1-10,15,20-21,25,30H,11-14H2,(H,26,29)/b10-7+/t20-,21+/m1/s1. The van der Waals surface area contributed by atoms with Gasteiger partial charge in [0, 0.05) is 49.2 Å². The molecule has 156 valence electrons. The number of amides is 2. The van der Waals surface area contributed by atoms with E-state index < -0.39 is 5.91 Å². The molecule has 0 radical (unpaired) electrons. The van der Waals surface area contributed by atoms with Crippen molar-refractivity contribution >= 4 is 17.9 Å².